The van der Waals surface area contributed by atoms with E-state index in [9.17, 15) is 4.79 Å². The first kappa shape index (κ1) is 18.3. The van der Waals surface area contributed by atoms with Crippen molar-refractivity contribution in [3.63, 3.8) is 0 Å². The summed E-state index contributed by atoms with van der Waals surface area (Å²) in [7, 11) is 0. The van der Waals surface area contributed by atoms with Crippen LogP contribution in [0.1, 0.15) is 24.8 Å². The highest BCUT2D eigenvalue weighted by molar-refractivity contribution is 7.13. The van der Waals surface area contributed by atoms with E-state index in [1.165, 1.54) is 5.56 Å². The lowest BCUT2D eigenvalue weighted by molar-refractivity contribution is -0.907. The Labute approximate surface area is 156 Å². The van der Waals surface area contributed by atoms with Crippen LogP contribution in [-0.4, -0.2) is 29.2 Å². The fourth-order valence-electron chi connectivity index (χ4n) is 2.70. The number of amides is 1. The maximum absolute atomic E-state index is 12.4. The molecule has 0 aliphatic carbocycles. The first-order valence-corrected chi connectivity index (χ1v) is 9.58. The summed E-state index contributed by atoms with van der Waals surface area (Å²) < 4.78 is 5.75. The molecule has 0 radical (unpaired) electrons. The summed E-state index contributed by atoms with van der Waals surface area (Å²) in [4.78, 5) is 14.4. The molecule has 7 heteroatoms. The molecule has 136 valence electrons. The van der Waals surface area contributed by atoms with Gasteiger partial charge in [-0.2, -0.15) is 0 Å². The van der Waals surface area contributed by atoms with Crippen LogP contribution in [0.2, 0.25) is 0 Å². The molecule has 3 rings (SSSR count). The Morgan fingerprint density at radius 1 is 1.23 bits per heavy atom. The number of carbonyl (C=O) groups excluding carboxylic acids is 1. The number of hydrogen-bond donors (Lipinski definition) is 2. The third-order valence-electron chi connectivity index (χ3n) is 3.95. The van der Waals surface area contributed by atoms with Crippen LogP contribution in [0.3, 0.4) is 0 Å². The van der Waals surface area contributed by atoms with E-state index in [1.807, 2.05) is 48.7 Å². The van der Waals surface area contributed by atoms with E-state index in [4.69, 9.17) is 4.42 Å². The topological polar surface area (TPSA) is 72.5 Å². The molecule has 1 aromatic carbocycles. The van der Waals surface area contributed by atoms with Gasteiger partial charge in [-0.1, -0.05) is 30.7 Å². The third-order valence-corrected chi connectivity index (χ3v) is 4.81. The van der Waals surface area contributed by atoms with Gasteiger partial charge in [0.05, 0.1) is 11.4 Å². The number of rotatable bonds is 8. The number of benzene rings is 1. The van der Waals surface area contributed by atoms with Gasteiger partial charge in [-0.05, 0) is 36.9 Å². The highest BCUT2D eigenvalue weighted by Crippen LogP contribution is 2.22. The molecule has 0 fully saturated rings. The van der Waals surface area contributed by atoms with E-state index in [-0.39, 0.29) is 5.91 Å². The van der Waals surface area contributed by atoms with Crippen LogP contribution in [0.25, 0.3) is 10.8 Å². The third kappa shape index (κ3) is 5.00. The smallest absolute Gasteiger partial charge is 0.279 e. The van der Waals surface area contributed by atoms with Crippen molar-refractivity contribution in [1.29, 1.82) is 0 Å². The largest absolute Gasteiger partial charge is 0.414 e. The van der Waals surface area contributed by atoms with Gasteiger partial charge in [-0.15, -0.1) is 21.5 Å². The maximum Gasteiger partial charge on any atom is 0.279 e. The number of aryl methyl sites for hydroxylation is 1. The summed E-state index contributed by atoms with van der Waals surface area (Å²) in [6, 6.07) is 11.7. The lowest BCUT2D eigenvalue weighted by Crippen LogP contribution is -3.11. The molecule has 2 heterocycles. The lowest BCUT2D eigenvalue weighted by atomic mass is 10.2. The summed E-state index contributed by atoms with van der Waals surface area (Å²) in [5.74, 6) is 1.07. The van der Waals surface area contributed by atoms with Gasteiger partial charge < -0.3 is 14.6 Å². The van der Waals surface area contributed by atoms with Crippen LogP contribution in [-0.2, 0) is 11.3 Å². The Bertz CT molecular complexity index is 828. The van der Waals surface area contributed by atoms with Crippen molar-refractivity contribution in [2.45, 2.75) is 26.8 Å². The van der Waals surface area contributed by atoms with Gasteiger partial charge in [0.2, 0.25) is 0 Å². The van der Waals surface area contributed by atoms with Crippen molar-refractivity contribution in [3.05, 3.63) is 53.2 Å². The van der Waals surface area contributed by atoms with E-state index in [1.54, 1.807) is 11.3 Å². The van der Waals surface area contributed by atoms with Gasteiger partial charge in [0.1, 0.15) is 0 Å². The molecular formula is C19H23N4O2S+. The SMILES string of the molecule is CCC[NH+](CC(=O)Nc1ccc(C)cc1)Cc1nnc(-c2cccs2)o1. The lowest BCUT2D eigenvalue weighted by Gasteiger charge is -2.16. The van der Waals surface area contributed by atoms with E-state index >= 15 is 0 Å². The zero-order valence-corrected chi connectivity index (χ0v) is 15.8. The molecule has 0 bridgehead atoms. The molecule has 0 aliphatic rings. The van der Waals surface area contributed by atoms with E-state index < -0.39 is 0 Å². The fourth-order valence-corrected chi connectivity index (χ4v) is 3.34. The molecule has 2 N–H and O–H groups in total. The predicted molar refractivity (Wildman–Crippen MR) is 102 cm³/mol. The summed E-state index contributed by atoms with van der Waals surface area (Å²) in [5.41, 5.74) is 1.98. The average Bonchev–Trinajstić information content (AvgIpc) is 3.28. The second-order valence-electron chi connectivity index (χ2n) is 6.25. The van der Waals surface area contributed by atoms with Crippen LogP contribution in [0.5, 0.6) is 0 Å². The van der Waals surface area contributed by atoms with Crippen molar-refractivity contribution >= 4 is 22.9 Å². The van der Waals surface area contributed by atoms with Gasteiger partial charge in [-0.3, -0.25) is 4.79 Å². The molecule has 26 heavy (non-hydrogen) atoms. The van der Waals surface area contributed by atoms with Gasteiger partial charge in [0, 0.05) is 5.69 Å². The minimum absolute atomic E-state index is 0.0182. The number of hydrogen-bond acceptors (Lipinski definition) is 5. The number of quaternary nitrogens is 1. The van der Waals surface area contributed by atoms with Crippen molar-refractivity contribution in [1.82, 2.24) is 10.2 Å². The minimum atomic E-state index is -0.0182. The molecular weight excluding hydrogens is 348 g/mol. The first-order valence-electron chi connectivity index (χ1n) is 8.70. The van der Waals surface area contributed by atoms with E-state index in [0.29, 0.717) is 24.9 Å². The predicted octanol–water partition coefficient (Wildman–Crippen LogP) is 2.54. The van der Waals surface area contributed by atoms with Crippen LogP contribution < -0.4 is 10.2 Å². The molecule has 1 amide bonds. The Kier molecular flexibility index (Phi) is 6.14. The molecule has 0 saturated heterocycles. The maximum atomic E-state index is 12.4. The zero-order valence-electron chi connectivity index (χ0n) is 15.0. The standard InChI is InChI=1S/C19H22N4O2S/c1-3-10-23(12-17(24)20-15-8-6-14(2)7-9-15)13-18-21-22-19(25-18)16-5-4-11-26-16/h4-9,11H,3,10,12-13H2,1-2H3,(H,20,24)/p+1. The van der Waals surface area contributed by atoms with Crippen LogP contribution in [0, 0.1) is 6.92 Å². The number of carbonyl (C=O) groups is 1. The quantitative estimate of drug-likeness (QED) is 0.638. The number of nitrogens with zero attached hydrogens (tertiary/aromatic N) is 2. The molecule has 3 aromatic rings. The Hall–Kier alpha value is -2.51. The first-order chi connectivity index (χ1) is 12.6. The summed E-state index contributed by atoms with van der Waals surface area (Å²) in [6.45, 7) is 5.88. The molecule has 0 spiro atoms. The highest BCUT2D eigenvalue weighted by atomic mass is 32.1. The zero-order chi connectivity index (χ0) is 18.4. The highest BCUT2D eigenvalue weighted by Gasteiger charge is 2.18. The number of nitrogens with one attached hydrogen (secondary N) is 2. The molecule has 1 unspecified atom stereocenters. The number of aromatic nitrogens is 2. The normalized spacial score (nSPS) is 12.1. The van der Waals surface area contributed by atoms with Gasteiger partial charge in [0.25, 0.3) is 17.7 Å². The van der Waals surface area contributed by atoms with Crippen LogP contribution >= 0.6 is 11.3 Å². The van der Waals surface area contributed by atoms with Crippen molar-refractivity contribution in [3.8, 4) is 10.8 Å². The van der Waals surface area contributed by atoms with Crippen LogP contribution in [0.4, 0.5) is 5.69 Å². The fraction of sp³-hybridized carbons (Fsp3) is 0.316. The van der Waals surface area contributed by atoms with Crippen LogP contribution in [0.15, 0.2) is 46.2 Å². The minimum Gasteiger partial charge on any atom is -0.414 e. The molecule has 0 aliphatic heterocycles. The van der Waals surface area contributed by atoms with Crippen molar-refractivity contribution in [2.75, 3.05) is 18.4 Å². The Morgan fingerprint density at radius 3 is 2.73 bits per heavy atom. The van der Waals surface area contributed by atoms with Crippen molar-refractivity contribution < 1.29 is 14.1 Å². The van der Waals surface area contributed by atoms with E-state index in [0.717, 1.165) is 28.4 Å². The molecule has 6 nitrogen and oxygen atoms in total. The molecule has 2 aromatic heterocycles. The average molecular weight is 371 g/mol. The molecule has 1 atom stereocenters. The van der Waals surface area contributed by atoms with E-state index in [2.05, 4.69) is 22.4 Å². The van der Waals surface area contributed by atoms with Gasteiger partial charge in [-0.25, -0.2) is 0 Å². The number of thiophene rings is 1. The van der Waals surface area contributed by atoms with Crippen molar-refractivity contribution in [2.24, 2.45) is 0 Å². The van der Waals surface area contributed by atoms with Gasteiger partial charge in [0.15, 0.2) is 13.1 Å². The Morgan fingerprint density at radius 2 is 2.04 bits per heavy atom. The Balaban J connectivity index is 1.59. The summed E-state index contributed by atoms with van der Waals surface area (Å²) in [5, 5.41) is 13.2. The number of anilines is 1. The summed E-state index contributed by atoms with van der Waals surface area (Å²) >= 11 is 1.56. The second-order valence-corrected chi connectivity index (χ2v) is 7.19. The van der Waals surface area contributed by atoms with Gasteiger partial charge >= 0.3 is 0 Å². The molecule has 0 saturated carbocycles. The second kappa shape index (κ2) is 8.73. The monoisotopic (exact) mass is 371 g/mol. The summed E-state index contributed by atoms with van der Waals surface area (Å²) in [6.07, 6.45) is 0.971.